The van der Waals surface area contributed by atoms with Gasteiger partial charge >= 0.3 is 0 Å². The summed E-state index contributed by atoms with van der Waals surface area (Å²) in [6.07, 6.45) is -0.345. The maximum absolute atomic E-state index is 13.0. The maximum atomic E-state index is 13.0. The van der Waals surface area contributed by atoms with Crippen LogP contribution in [-0.4, -0.2) is 53.9 Å². The number of hydrogen-bond acceptors (Lipinski definition) is 5. The lowest BCUT2D eigenvalue weighted by molar-refractivity contribution is -0.0440. The highest BCUT2D eigenvalue weighted by atomic mass is 32.2. The number of nitrogens with one attached hydrogen (secondary N) is 2. The third-order valence-electron chi connectivity index (χ3n) is 5.92. The van der Waals surface area contributed by atoms with Crippen LogP contribution in [0, 0.1) is 0 Å². The van der Waals surface area contributed by atoms with Crippen molar-refractivity contribution >= 4 is 32.7 Å². The molecule has 2 N–H and O–H groups in total. The zero-order valence-electron chi connectivity index (χ0n) is 19.4. The summed E-state index contributed by atoms with van der Waals surface area (Å²) in [5, 5.41) is 2.88. The minimum absolute atomic E-state index is 0.155. The third-order valence-corrected chi connectivity index (χ3v) is 7.77. The van der Waals surface area contributed by atoms with E-state index in [9.17, 15) is 13.2 Å². The number of nitrogens with zero attached hydrogens (tertiary/aromatic N) is 2. The minimum Gasteiger partial charge on any atom is -0.373 e. The molecule has 180 valence electrons. The Kier molecular flexibility index (Phi) is 6.14. The predicted molar refractivity (Wildman–Crippen MR) is 135 cm³/mol. The van der Waals surface area contributed by atoms with Crippen LogP contribution in [0.25, 0.3) is 22.4 Å². The quantitative estimate of drug-likeness (QED) is 0.435. The molecule has 5 rings (SSSR count). The van der Waals surface area contributed by atoms with Gasteiger partial charge in [-0.25, -0.2) is 13.4 Å². The van der Waals surface area contributed by atoms with Gasteiger partial charge in [-0.2, -0.15) is 4.31 Å². The molecule has 2 heterocycles. The number of H-pyrrole nitrogens is 1. The van der Waals surface area contributed by atoms with Crippen molar-refractivity contribution in [3.05, 3.63) is 78.4 Å². The summed E-state index contributed by atoms with van der Waals surface area (Å²) >= 11 is 0. The lowest BCUT2D eigenvalue weighted by atomic mass is 10.1. The molecular formula is C26H26N4O4S. The largest absolute Gasteiger partial charge is 0.373 e. The summed E-state index contributed by atoms with van der Waals surface area (Å²) in [5.74, 6) is 0.382. The van der Waals surface area contributed by atoms with Crippen LogP contribution in [0.15, 0.2) is 77.7 Å². The van der Waals surface area contributed by atoms with Crippen molar-refractivity contribution in [3.63, 3.8) is 0 Å². The molecule has 2 unspecified atom stereocenters. The smallest absolute Gasteiger partial charge is 0.255 e. The topological polar surface area (TPSA) is 104 Å². The van der Waals surface area contributed by atoms with Crippen LogP contribution in [0.1, 0.15) is 24.2 Å². The van der Waals surface area contributed by atoms with E-state index >= 15 is 0 Å². The molecule has 9 heteroatoms. The molecular weight excluding hydrogens is 464 g/mol. The van der Waals surface area contributed by atoms with Gasteiger partial charge in [0.25, 0.3) is 5.91 Å². The number of morpholine rings is 1. The summed E-state index contributed by atoms with van der Waals surface area (Å²) in [7, 11) is -3.67. The van der Waals surface area contributed by atoms with E-state index in [1.807, 2.05) is 56.3 Å². The first kappa shape index (κ1) is 23.2. The van der Waals surface area contributed by atoms with Crippen LogP contribution in [0.3, 0.4) is 0 Å². The standard InChI is InChI=1S/C26H26N4O4S/c1-17-15-30(16-18(2)34-17)35(32,33)22-12-10-19(11-13-22)26(31)27-21-7-5-6-20(14-21)25-28-23-8-3-4-9-24(23)29-25/h3-14,17-18H,15-16H2,1-2H3,(H,27,31)(H,28,29). The summed E-state index contributed by atoms with van der Waals surface area (Å²) in [6.45, 7) is 4.32. The number of carbonyl (C=O) groups is 1. The maximum Gasteiger partial charge on any atom is 0.255 e. The van der Waals surface area contributed by atoms with Gasteiger partial charge in [0.05, 0.1) is 28.1 Å². The van der Waals surface area contributed by atoms with Crippen molar-refractivity contribution in [1.82, 2.24) is 14.3 Å². The van der Waals surface area contributed by atoms with E-state index < -0.39 is 10.0 Å². The van der Waals surface area contributed by atoms with Crippen LogP contribution >= 0.6 is 0 Å². The number of rotatable bonds is 5. The fourth-order valence-corrected chi connectivity index (χ4v) is 5.88. The molecule has 35 heavy (non-hydrogen) atoms. The highest BCUT2D eigenvalue weighted by Gasteiger charge is 2.32. The number of amides is 1. The molecule has 4 aromatic rings. The molecule has 3 aromatic carbocycles. The first-order valence-electron chi connectivity index (χ1n) is 11.4. The van der Waals surface area contributed by atoms with Crippen molar-refractivity contribution in [2.45, 2.75) is 31.0 Å². The van der Waals surface area contributed by atoms with Crippen molar-refractivity contribution in [2.75, 3.05) is 18.4 Å². The van der Waals surface area contributed by atoms with Crippen LogP contribution in [0.5, 0.6) is 0 Å². The molecule has 1 aliphatic rings. The number of aromatic amines is 1. The highest BCUT2D eigenvalue weighted by Crippen LogP contribution is 2.24. The van der Waals surface area contributed by atoms with E-state index in [1.165, 1.54) is 28.6 Å². The van der Waals surface area contributed by atoms with Gasteiger partial charge in [-0.3, -0.25) is 4.79 Å². The number of hydrogen-bond donors (Lipinski definition) is 2. The molecule has 8 nitrogen and oxygen atoms in total. The van der Waals surface area contributed by atoms with Gasteiger partial charge < -0.3 is 15.0 Å². The Balaban J connectivity index is 1.31. The van der Waals surface area contributed by atoms with Gasteiger partial charge in [-0.05, 0) is 62.4 Å². The normalized spacial score (nSPS) is 19.0. The van der Waals surface area contributed by atoms with Gasteiger partial charge in [-0.15, -0.1) is 0 Å². The fourth-order valence-electron chi connectivity index (χ4n) is 4.29. The summed E-state index contributed by atoms with van der Waals surface area (Å²) < 4.78 is 33.2. The zero-order chi connectivity index (χ0) is 24.6. The Hall–Kier alpha value is -3.53. The first-order valence-corrected chi connectivity index (χ1v) is 12.9. The molecule has 1 fully saturated rings. The Labute approximate surface area is 204 Å². The van der Waals surface area contributed by atoms with Gasteiger partial charge in [0.2, 0.25) is 10.0 Å². The van der Waals surface area contributed by atoms with E-state index in [0.717, 1.165) is 16.6 Å². The van der Waals surface area contributed by atoms with Gasteiger partial charge in [-0.1, -0.05) is 24.3 Å². The molecule has 0 saturated carbocycles. The molecule has 0 aliphatic carbocycles. The van der Waals surface area contributed by atoms with E-state index in [1.54, 1.807) is 6.07 Å². The minimum atomic E-state index is -3.67. The Morgan fingerprint density at radius 1 is 1.00 bits per heavy atom. The number of imidazole rings is 1. The number of sulfonamides is 1. The van der Waals surface area contributed by atoms with Gasteiger partial charge in [0, 0.05) is 29.9 Å². The molecule has 2 atom stereocenters. The van der Waals surface area contributed by atoms with Crippen molar-refractivity contribution in [1.29, 1.82) is 0 Å². The van der Waals surface area contributed by atoms with Crippen molar-refractivity contribution < 1.29 is 17.9 Å². The number of fused-ring (bicyclic) bond motifs is 1. The number of ether oxygens (including phenoxy) is 1. The van der Waals surface area contributed by atoms with Crippen LogP contribution < -0.4 is 5.32 Å². The Morgan fingerprint density at radius 2 is 1.71 bits per heavy atom. The van der Waals surface area contributed by atoms with E-state index in [2.05, 4.69) is 15.3 Å². The fraction of sp³-hybridized carbons (Fsp3) is 0.231. The Morgan fingerprint density at radius 3 is 2.43 bits per heavy atom. The second-order valence-corrected chi connectivity index (χ2v) is 10.7. The van der Waals surface area contributed by atoms with E-state index in [0.29, 0.717) is 30.2 Å². The molecule has 0 bridgehead atoms. The SMILES string of the molecule is CC1CN(S(=O)(=O)c2ccc(C(=O)Nc3cccc(-c4nc5ccccc5[nH]4)c3)cc2)CC(C)O1. The first-order chi connectivity index (χ1) is 16.8. The zero-order valence-corrected chi connectivity index (χ0v) is 20.2. The average molecular weight is 491 g/mol. The monoisotopic (exact) mass is 490 g/mol. The second kappa shape index (κ2) is 9.26. The van der Waals surface area contributed by atoms with Crippen LogP contribution in [0.2, 0.25) is 0 Å². The number of carbonyl (C=O) groups excluding carboxylic acids is 1. The number of benzene rings is 3. The highest BCUT2D eigenvalue weighted by molar-refractivity contribution is 7.89. The van der Waals surface area contributed by atoms with Gasteiger partial charge in [0.15, 0.2) is 0 Å². The van der Waals surface area contributed by atoms with Gasteiger partial charge in [0.1, 0.15) is 5.82 Å². The summed E-state index contributed by atoms with van der Waals surface area (Å²) in [4.78, 5) is 20.9. The van der Waals surface area contributed by atoms with Crippen molar-refractivity contribution in [3.8, 4) is 11.4 Å². The number of aromatic nitrogens is 2. The van der Waals surface area contributed by atoms with E-state index in [-0.39, 0.29) is 23.0 Å². The summed E-state index contributed by atoms with van der Waals surface area (Å²) in [5.41, 5.74) is 3.62. The molecule has 0 spiro atoms. The molecule has 1 amide bonds. The van der Waals surface area contributed by atoms with Crippen LogP contribution in [0.4, 0.5) is 5.69 Å². The molecule has 1 aliphatic heterocycles. The predicted octanol–water partition coefficient (Wildman–Crippen LogP) is 4.28. The van der Waals surface area contributed by atoms with Crippen molar-refractivity contribution in [2.24, 2.45) is 0 Å². The number of anilines is 1. The van der Waals surface area contributed by atoms with Crippen LogP contribution in [-0.2, 0) is 14.8 Å². The Bertz CT molecular complexity index is 1440. The lowest BCUT2D eigenvalue weighted by Gasteiger charge is -2.34. The van der Waals surface area contributed by atoms with E-state index in [4.69, 9.17) is 4.74 Å². The molecule has 1 saturated heterocycles. The average Bonchev–Trinajstić information content (AvgIpc) is 3.28. The third kappa shape index (κ3) is 4.84. The second-order valence-electron chi connectivity index (χ2n) is 8.74. The number of para-hydroxylation sites is 2. The summed E-state index contributed by atoms with van der Waals surface area (Å²) in [6, 6.07) is 21.2. The lowest BCUT2D eigenvalue weighted by Crippen LogP contribution is -2.48. The molecule has 1 aromatic heterocycles. The molecule has 0 radical (unpaired) electrons.